The summed E-state index contributed by atoms with van der Waals surface area (Å²) >= 11 is 0. The molecule has 10 heteroatoms. The number of ether oxygens (including phenoxy) is 2. The first-order valence-electron chi connectivity index (χ1n) is 17.1. The van der Waals surface area contributed by atoms with Crippen molar-refractivity contribution in [3.8, 4) is 11.5 Å². The molecule has 272 valence electrons. The van der Waals surface area contributed by atoms with Gasteiger partial charge in [0.1, 0.15) is 23.1 Å². The third-order valence-corrected chi connectivity index (χ3v) is 7.48. The number of carbonyl (C=O) groups excluding carboxylic acids is 4. The molecule has 0 aliphatic heterocycles. The van der Waals surface area contributed by atoms with Gasteiger partial charge in [0, 0.05) is 12.8 Å². The van der Waals surface area contributed by atoms with Crippen molar-refractivity contribution >= 4 is 29.8 Å². The van der Waals surface area contributed by atoms with Crippen LogP contribution >= 0.6 is 0 Å². The molecule has 0 fully saturated rings. The fourth-order valence-corrected chi connectivity index (χ4v) is 4.59. The van der Waals surface area contributed by atoms with Crippen molar-refractivity contribution in [3.05, 3.63) is 119 Å². The summed E-state index contributed by atoms with van der Waals surface area (Å²) in [5.74, 6) is -5.37. The van der Waals surface area contributed by atoms with Crippen molar-refractivity contribution in [2.75, 3.05) is 0 Å². The molecule has 1 unspecified atom stereocenters. The van der Waals surface area contributed by atoms with Crippen molar-refractivity contribution in [1.29, 1.82) is 0 Å². The smallest absolute Gasteiger partial charge is 0.347 e. The number of allylic oxidation sites excluding steroid dienone is 10. The van der Waals surface area contributed by atoms with E-state index in [-0.39, 0.29) is 35.5 Å². The normalized spacial score (nSPS) is 12.7. The SMILES string of the molecule is CCC=CCC=C(C)CC=C(C)CC=CCC=CCCCC(=O)OC(=O)C(CCC(=O)O)NC(=O)c1ccccc1OC(=O)c1ccccc1O. The monoisotopic (exact) mass is 699 g/mol. The molecule has 2 rings (SSSR count). The Hall–Kier alpha value is -5.51. The van der Waals surface area contributed by atoms with Crippen LogP contribution in [-0.2, 0) is 19.1 Å². The molecular formula is C41H49NO9. The molecule has 0 saturated carbocycles. The van der Waals surface area contributed by atoms with Gasteiger partial charge in [0.2, 0.25) is 0 Å². The highest BCUT2D eigenvalue weighted by Gasteiger charge is 2.27. The molecule has 1 atom stereocenters. The molecule has 0 aliphatic carbocycles. The molecule has 0 heterocycles. The van der Waals surface area contributed by atoms with Crippen LogP contribution in [0.4, 0.5) is 0 Å². The Morgan fingerprint density at radius 2 is 1.45 bits per heavy atom. The number of phenols is 1. The highest BCUT2D eigenvalue weighted by atomic mass is 16.6. The van der Waals surface area contributed by atoms with E-state index in [1.54, 1.807) is 0 Å². The third kappa shape index (κ3) is 17.1. The van der Waals surface area contributed by atoms with Gasteiger partial charge in [0.25, 0.3) is 5.91 Å². The number of carbonyl (C=O) groups is 5. The van der Waals surface area contributed by atoms with Gasteiger partial charge in [-0.15, -0.1) is 0 Å². The van der Waals surface area contributed by atoms with Crippen LogP contribution in [0.3, 0.4) is 0 Å². The topological polar surface area (TPSA) is 156 Å². The van der Waals surface area contributed by atoms with E-state index in [1.807, 2.05) is 12.2 Å². The molecule has 0 aliphatic rings. The number of phenolic OH excluding ortho intramolecular Hbond substituents is 1. The number of hydrogen-bond acceptors (Lipinski definition) is 8. The lowest BCUT2D eigenvalue weighted by Crippen LogP contribution is -2.43. The van der Waals surface area contributed by atoms with Crippen molar-refractivity contribution in [1.82, 2.24) is 5.32 Å². The second kappa shape index (κ2) is 23.8. The number of nitrogens with one attached hydrogen (secondary N) is 1. The lowest BCUT2D eigenvalue weighted by molar-refractivity contribution is -0.161. The predicted octanol–water partition coefficient (Wildman–Crippen LogP) is 8.35. The number of aromatic hydroxyl groups is 1. The zero-order chi connectivity index (χ0) is 37.4. The van der Waals surface area contributed by atoms with E-state index < -0.39 is 42.2 Å². The first kappa shape index (κ1) is 41.7. The van der Waals surface area contributed by atoms with Gasteiger partial charge < -0.3 is 25.0 Å². The lowest BCUT2D eigenvalue weighted by atomic mass is 10.1. The fourth-order valence-electron chi connectivity index (χ4n) is 4.59. The van der Waals surface area contributed by atoms with Gasteiger partial charge in [-0.05, 0) is 89.5 Å². The Balaban J connectivity index is 1.83. The Morgan fingerprint density at radius 1 is 0.784 bits per heavy atom. The maximum atomic E-state index is 13.2. The van der Waals surface area contributed by atoms with Crippen LogP contribution in [0.1, 0.15) is 106 Å². The summed E-state index contributed by atoms with van der Waals surface area (Å²) in [6, 6.07) is 9.95. The third-order valence-electron chi connectivity index (χ3n) is 7.48. The maximum Gasteiger partial charge on any atom is 0.347 e. The Labute approximate surface area is 300 Å². The molecule has 0 bridgehead atoms. The largest absolute Gasteiger partial charge is 0.507 e. The number of unbranched alkanes of at least 4 members (excludes halogenated alkanes) is 1. The van der Waals surface area contributed by atoms with Crippen molar-refractivity contribution in [2.45, 2.75) is 91.0 Å². The number of carboxylic acids is 1. The quantitative estimate of drug-likeness (QED) is 0.0383. The van der Waals surface area contributed by atoms with Crippen LogP contribution in [0.2, 0.25) is 0 Å². The highest BCUT2D eigenvalue weighted by molar-refractivity contribution is 6.01. The molecule has 10 nitrogen and oxygen atoms in total. The lowest BCUT2D eigenvalue weighted by Gasteiger charge is -2.17. The Kier molecular flexibility index (Phi) is 19.4. The summed E-state index contributed by atoms with van der Waals surface area (Å²) in [6.45, 7) is 6.39. The molecule has 2 aromatic carbocycles. The zero-order valence-corrected chi connectivity index (χ0v) is 29.6. The average molecular weight is 700 g/mol. The van der Waals surface area contributed by atoms with Crippen LogP contribution in [0.15, 0.2) is 108 Å². The van der Waals surface area contributed by atoms with E-state index in [0.717, 1.165) is 32.1 Å². The van der Waals surface area contributed by atoms with E-state index in [2.05, 4.69) is 62.5 Å². The number of benzene rings is 2. The van der Waals surface area contributed by atoms with Crippen LogP contribution < -0.4 is 10.1 Å². The summed E-state index contributed by atoms with van der Waals surface area (Å²) in [5, 5.41) is 21.5. The van der Waals surface area contributed by atoms with E-state index in [1.165, 1.54) is 59.7 Å². The molecule has 2 aromatic rings. The van der Waals surface area contributed by atoms with Gasteiger partial charge in [0.15, 0.2) is 0 Å². The van der Waals surface area contributed by atoms with Gasteiger partial charge in [-0.25, -0.2) is 9.59 Å². The first-order valence-corrected chi connectivity index (χ1v) is 17.1. The predicted molar refractivity (Wildman–Crippen MR) is 196 cm³/mol. The number of hydrogen-bond donors (Lipinski definition) is 3. The van der Waals surface area contributed by atoms with Crippen molar-refractivity contribution < 1.29 is 43.7 Å². The molecule has 51 heavy (non-hydrogen) atoms. The summed E-state index contributed by atoms with van der Waals surface area (Å²) in [6.07, 6.45) is 21.8. The number of rotatable bonds is 21. The van der Waals surface area contributed by atoms with Gasteiger partial charge >= 0.3 is 23.9 Å². The van der Waals surface area contributed by atoms with Crippen molar-refractivity contribution in [3.63, 3.8) is 0 Å². The van der Waals surface area contributed by atoms with E-state index in [0.29, 0.717) is 12.8 Å². The van der Waals surface area contributed by atoms with Crippen LogP contribution in [-0.4, -0.2) is 46.0 Å². The van der Waals surface area contributed by atoms with Gasteiger partial charge in [-0.2, -0.15) is 0 Å². The second-order valence-electron chi connectivity index (χ2n) is 11.8. The molecule has 0 spiro atoms. The number of esters is 3. The molecule has 0 saturated heterocycles. The minimum atomic E-state index is -1.46. The van der Waals surface area contributed by atoms with Gasteiger partial charge in [0.05, 0.1) is 5.56 Å². The first-order chi connectivity index (χ1) is 24.5. The van der Waals surface area contributed by atoms with Crippen LogP contribution in [0.5, 0.6) is 11.5 Å². The van der Waals surface area contributed by atoms with Gasteiger partial charge in [-0.1, -0.05) is 90.9 Å². The Morgan fingerprint density at radius 3 is 2.18 bits per heavy atom. The van der Waals surface area contributed by atoms with E-state index in [4.69, 9.17) is 14.6 Å². The number of aliphatic carboxylic acids is 1. The minimum Gasteiger partial charge on any atom is -0.507 e. The summed E-state index contributed by atoms with van der Waals surface area (Å²) in [4.78, 5) is 62.3. The summed E-state index contributed by atoms with van der Waals surface area (Å²) < 4.78 is 10.3. The number of para-hydroxylation sites is 2. The summed E-state index contributed by atoms with van der Waals surface area (Å²) in [5.41, 5.74) is 2.40. The molecule has 0 aromatic heterocycles. The molecule has 3 N–H and O–H groups in total. The average Bonchev–Trinajstić information content (AvgIpc) is 3.10. The summed E-state index contributed by atoms with van der Waals surface area (Å²) in [7, 11) is 0. The maximum absolute atomic E-state index is 13.2. The van der Waals surface area contributed by atoms with Crippen LogP contribution in [0.25, 0.3) is 0 Å². The van der Waals surface area contributed by atoms with Crippen molar-refractivity contribution in [2.24, 2.45) is 0 Å². The fraction of sp³-hybridized carbons (Fsp3) is 0.341. The Bertz CT molecular complexity index is 1630. The van der Waals surface area contributed by atoms with E-state index in [9.17, 15) is 29.1 Å². The standard InChI is InChI=1S/C41H49NO9/c1-4-5-6-12-19-30(2)26-27-31(3)20-13-10-8-7-9-11-14-25-38(46)51-41(49)34(28-29-37(44)45)42-39(47)33-22-16-18-24-36(33)50-40(48)32-21-15-17-23-35(32)43/h5-7,9-10,13,15-19,21-24,27,34,43H,4,8,11-12,14,20,25-26,28-29H2,1-3H3,(H,42,47)(H,44,45). The van der Waals surface area contributed by atoms with Gasteiger partial charge in [-0.3, -0.25) is 14.4 Å². The second-order valence-corrected chi connectivity index (χ2v) is 11.8. The molecule has 0 radical (unpaired) electrons. The zero-order valence-electron chi connectivity index (χ0n) is 29.6. The minimum absolute atomic E-state index is 0.0522. The van der Waals surface area contributed by atoms with Crippen LogP contribution in [0, 0.1) is 0 Å². The number of carboxylic acid groups (broad SMARTS) is 1. The van der Waals surface area contributed by atoms with E-state index >= 15 is 0 Å². The number of amides is 1. The highest BCUT2D eigenvalue weighted by Crippen LogP contribution is 2.23. The molecular weight excluding hydrogens is 650 g/mol. The molecule has 1 amide bonds.